The first-order chi connectivity index (χ1) is 7.63. The first-order valence-electron chi connectivity index (χ1n) is 4.68. The van der Waals surface area contributed by atoms with Gasteiger partial charge in [0, 0.05) is 12.6 Å². The molecule has 0 aliphatic carbocycles. The van der Waals surface area contributed by atoms with Crippen molar-refractivity contribution in [3.05, 3.63) is 60.2 Å². The minimum absolute atomic E-state index is 0.340. The molecule has 1 aromatic rings. The molecule has 0 fully saturated rings. The summed E-state index contributed by atoms with van der Waals surface area (Å²) in [7, 11) is 0. The Balaban J connectivity index is 2.64. The largest absolute Gasteiger partial charge is 0.475 e. The fourth-order valence-electron chi connectivity index (χ4n) is 1.13. The smallest absolute Gasteiger partial charge is 0.371 e. The van der Waals surface area contributed by atoms with E-state index in [0.717, 1.165) is 5.56 Å². The van der Waals surface area contributed by atoms with Gasteiger partial charge in [-0.1, -0.05) is 30.3 Å². The van der Waals surface area contributed by atoms with Crippen LogP contribution in [0.3, 0.4) is 0 Å². The summed E-state index contributed by atoms with van der Waals surface area (Å²) in [5.74, 6) is -1.18. The number of nitrogens with two attached hydrogens (primary N) is 1. The molecule has 4 heteroatoms. The Morgan fingerprint density at radius 2 is 2.06 bits per heavy atom. The van der Waals surface area contributed by atoms with Crippen molar-refractivity contribution in [2.24, 2.45) is 5.73 Å². The molecule has 0 bridgehead atoms. The third kappa shape index (κ3) is 3.49. The lowest BCUT2D eigenvalue weighted by atomic mass is 10.1. The number of ether oxygens (including phenoxy) is 1. The lowest BCUT2D eigenvalue weighted by molar-refractivity contribution is -0.135. The van der Waals surface area contributed by atoms with Gasteiger partial charge in [0.2, 0.25) is 5.76 Å². The van der Waals surface area contributed by atoms with Crippen LogP contribution in [-0.2, 0) is 16.0 Å². The number of carboxylic acids is 1. The molecular formula is C12H13NO3. The van der Waals surface area contributed by atoms with E-state index in [2.05, 4.69) is 6.58 Å². The zero-order valence-corrected chi connectivity index (χ0v) is 8.72. The van der Waals surface area contributed by atoms with Crippen molar-refractivity contribution in [2.45, 2.75) is 6.42 Å². The summed E-state index contributed by atoms with van der Waals surface area (Å²) >= 11 is 0. The van der Waals surface area contributed by atoms with Crippen molar-refractivity contribution in [1.82, 2.24) is 0 Å². The van der Waals surface area contributed by atoms with Crippen LogP contribution in [0.25, 0.3) is 0 Å². The maximum atomic E-state index is 10.5. The van der Waals surface area contributed by atoms with Gasteiger partial charge in [-0.15, -0.1) is 0 Å². The van der Waals surface area contributed by atoms with Gasteiger partial charge in [0.25, 0.3) is 0 Å². The molecule has 0 aromatic heterocycles. The molecule has 0 saturated carbocycles. The second-order valence-electron chi connectivity index (χ2n) is 3.13. The van der Waals surface area contributed by atoms with Gasteiger partial charge in [-0.05, 0) is 12.1 Å². The zero-order valence-electron chi connectivity index (χ0n) is 8.72. The highest BCUT2D eigenvalue weighted by atomic mass is 16.5. The average Bonchev–Trinajstić information content (AvgIpc) is 2.29. The molecule has 3 N–H and O–H groups in total. The number of carboxylic acid groups (broad SMARTS) is 1. The van der Waals surface area contributed by atoms with Crippen LogP contribution in [0.2, 0.25) is 0 Å². The summed E-state index contributed by atoms with van der Waals surface area (Å²) in [6, 6.07) is 9.46. The van der Waals surface area contributed by atoms with Gasteiger partial charge in [-0.3, -0.25) is 0 Å². The van der Waals surface area contributed by atoms with E-state index in [0.29, 0.717) is 12.2 Å². The zero-order chi connectivity index (χ0) is 12.0. The number of aliphatic carboxylic acids is 1. The Hall–Kier alpha value is -2.23. The first kappa shape index (κ1) is 11.8. The molecular weight excluding hydrogens is 206 g/mol. The second-order valence-corrected chi connectivity index (χ2v) is 3.13. The quantitative estimate of drug-likeness (QED) is 0.583. The summed E-state index contributed by atoms with van der Waals surface area (Å²) < 4.78 is 5.01. The molecule has 16 heavy (non-hydrogen) atoms. The van der Waals surface area contributed by atoms with Crippen molar-refractivity contribution in [3.63, 3.8) is 0 Å². The van der Waals surface area contributed by atoms with E-state index >= 15 is 0 Å². The second kappa shape index (κ2) is 5.60. The molecule has 0 radical (unpaired) electrons. The number of rotatable bonds is 5. The van der Waals surface area contributed by atoms with Gasteiger partial charge in [0.05, 0.1) is 0 Å². The van der Waals surface area contributed by atoms with Gasteiger partial charge in [-0.25, -0.2) is 4.79 Å². The Labute approximate surface area is 93.7 Å². The summed E-state index contributed by atoms with van der Waals surface area (Å²) in [4.78, 5) is 10.5. The van der Waals surface area contributed by atoms with Crippen LogP contribution in [0.1, 0.15) is 5.56 Å². The van der Waals surface area contributed by atoms with Crippen molar-refractivity contribution in [2.75, 3.05) is 0 Å². The number of carbonyl (C=O) groups is 1. The van der Waals surface area contributed by atoms with Crippen LogP contribution in [0.4, 0.5) is 0 Å². The third-order valence-corrected chi connectivity index (χ3v) is 1.90. The summed E-state index contributed by atoms with van der Waals surface area (Å²) in [6.45, 7) is 3.27. The van der Waals surface area contributed by atoms with Crippen molar-refractivity contribution in [3.8, 4) is 0 Å². The van der Waals surface area contributed by atoms with Gasteiger partial charge in [-0.2, -0.15) is 0 Å². The standard InChI is InChI=1S/C12H13NO3/c1-9(12(14)15)16-11(8-13)7-10-5-3-2-4-6-10/h2-6,8H,1,7,13H2,(H,14,15)/b11-8-. The monoisotopic (exact) mass is 219 g/mol. The predicted molar refractivity (Wildman–Crippen MR) is 60.3 cm³/mol. The van der Waals surface area contributed by atoms with E-state index in [1.54, 1.807) is 0 Å². The average molecular weight is 219 g/mol. The highest BCUT2D eigenvalue weighted by Crippen LogP contribution is 2.11. The van der Waals surface area contributed by atoms with E-state index < -0.39 is 5.97 Å². The number of allylic oxidation sites excluding steroid dienone is 1. The summed E-state index contributed by atoms with van der Waals surface area (Å²) in [5.41, 5.74) is 6.33. The molecule has 1 rings (SSSR count). The van der Waals surface area contributed by atoms with Gasteiger partial charge < -0.3 is 15.6 Å². The molecule has 0 saturated heterocycles. The molecule has 0 unspecified atom stereocenters. The molecule has 1 aromatic carbocycles. The van der Waals surface area contributed by atoms with Crippen LogP contribution >= 0.6 is 0 Å². The minimum Gasteiger partial charge on any atom is -0.475 e. The fraction of sp³-hybridized carbons (Fsp3) is 0.0833. The third-order valence-electron chi connectivity index (χ3n) is 1.90. The Morgan fingerprint density at radius 1 is 1.44 bits per heavy atom. The van der Waals surface area contributed by atoms with Gasteiger partial charge in [0.15, 0.2) is 0 Å². The topological polar surface area (TPSA) is 72.5 Å². The molecule has 0 amide bonds. The Bertz CT molecular complexity index is 410. The SMILES string of the molecule is C=C(O/C(=C\N)Cc1ccccc1)C(=O)O. The van der Waals surface area contributed by atoms with Crippen molar-refractivity contribution >= 4 is 5.97 Å². The van der Waals surface area contributed by atoms with Crippen LogP contribution in [0.15, 0.2) is 54.6 Å². The molecule has 0 heterocycles. The lowest BCUT2D eigenvalue weighted by Gasteiger charge is -2.08. The summed E-state index contributed by atoms with van der Waals surface area (Å²) in [6.07, 6.45) is 1.67. The maximum absolute atomic E-state index is 10.5. The normalized spacial score (nSPS) is 10.9. The van der Waals surface area contributed by atoms with Crippen LogP contribution in [-0.4, -0.2) is 11.1 Å². The lowest BCUT2D eigenvalue weighted by Crippen LogP contribution is -2.06. The van der Waals surface area contributed by atoms with Gasteiger partial charge in [0.1, 0.15) is 5.76 Å². The Morgan fingerprint density at radius 3 is 2.56 bits per heavy atom. The number of hydrogen-bond acceptors (Lipinski definition) is 3. The highest BCUT2D eigenvalue weighted by Gasteiger charge is 2.08. The van der Waals surface area contributed by atoms with Crippen LogP contribution < -0.4 is 5.73 Å². The van der Waals surface area contributed by atoms with Gasteiger partial charge >= 0.3 is 5.97 Å². The van der Waals surface area contributed by atoms with E-state index in [-0.39, 0.29) is 5.76 Å². The molecule has 84 valence electrons. The van der Waals surface area contributed by atoms with E-state index in [1.807, 2.05) is 30.3 Å². The van der Waals surface area contributed by atoms with Crippen LogP contribution in [0.5, 0.6) is 0 Å². The van der Waals surface area contributed by atoms with E-state index in [9.17, 15) is 4.79 Å². The molecule has 4 nitrogen and oxygen atoms in total. The minimum atomic E-state index is -1.20. The molecule has 0 atom stereocenters. The number of hydrogen-bond donors (Lipinski definition) is 2. The highest BCUT2D eigenvalue weighted by molar-refractivity contribution is 5.83. The molecule has 0 spiro atoms. The van der Waals surface area contributed by atoms with E-state index in [1.165, 1.54) is 6.20 Å². The predicted octanol–water partition coefficient (Wildman–Crippen LogP) is 1.64. The van der Waals surface area contributed by atoms with Crippen LogP contribution in [0, 0.1) is 0 Å². The molecule has 0 aliphatic rings. The fourth-order valence-corrected chi connectivity index (χ4v) is 1.13. The van der Waals surface area contributed by atoms with Crippen molar-refractivity contribution < 1.29 is 14.6 Å². The maximum Gasteiger partial charge on any atom is 0.371 e. The number of benzene rings is 1. The first-order valence-corrected chi connectivity index (χ1v) is 4.68. The van der Waals surface area contributed by atoms with Crippen molar-refractivity contribution in [1.29, 1.82) is 0 Å². The Kier molecular flexibility index (Phi) is 4.15. The van der Waals surface area contributed by atoms with E-state index in [4.69, 9.17) is 15.6 Å². The molecule has 0 aliphatic heterocycles. The summed E-state index contributed by atoms with van der Waals surface area (Å²) in [5, 5.41) is 8.60.